The maximum atomic E-state index is 11.9. The lowest BCUT2D eigenvalue weighted by molar-refractivity contribution is -0.137. The van der Waals surface area contributed by atoms with Gasteiger partial charge in [-0.3, -0.25) is 4.79 Å². The summed E-state index contributed by atoms with van der Waals surface area (Å²) in [5.41, 5.74) is 0.531. The zero-order chi connectivity index (χ0) is 15.8. The molecule has 0 atom stereocenters. The third-order valence-corrected chi connectivity index (χ3v) is 2.37. The smallest absolute Gasteiger partial charge is 0.323 e. The van der Waals surface area contributed by atoms with Gasteiger partial charge in [-0.1, -0.05) is 5.92 Å². The van der Waals surface area contributed by atoms with Crippen molar-refractivity contribution in [1.82, 2.24) is 4.90 Å². The van der Waals surface area contributed by atoms with Crippen molar-refractivity contribution in [1.29, 1.82) is 0 Å². The number of carboxylic acids is 1. The Bertz CT molecular complexity index is 532. The van der Waals surface area contributed by atoms with Crippen LogP contribution in [0.2, 0.25) is 0 Å². The van der Waals surface area contributed by atoms with Crippen LogP contribution in [0, 0.1) is 12.3 Å². The molecule has 6 heteroatoms. The molecule has 0 unspecified atom stereocenters. The highest BCUT2D eigenvalue weighted by molar-refractivity contribution is 5.91. The Morgan fingerprint density at radius 2 is 2.00 bits per heavy atom. The minimum absolute atomic E-state index is 0.0622. The summed E-state index contributed by atoms with van der Waals surface area (Å²) in [5, 5.41) is 11.3. The predicted molar refractivity (Wildman–Crippen MR) is 79.3 cm³/mol. The van der Waals surface area contributed by atoms with Gasteiger partial charge in [-0.25, -0.2) is 4.79 Å². The average molecular weight is 290 g/mol. The number of carboxylic acid groups (broad SMARTS) is 1. The van der Waals surface area contributed by atoms with E-state index in [1.807, 2.05) is 13.8 Å². The molecule has 0 saturated carbocycles. The summed E-state index contributed by atoms with van der Waals surface area (Å²) in [6, 6.07) is 6.22. The second-order valence-electron chi connectivity index (χ2n) is 4.58. The van der Waals surface area contributed by atoms with Crippen molar-refractivity contribution in [2.75, 3.05) is 18.4 Å². The molecule has 2 N–H and O–H groups in total. The largest absolute Gasteiger partial charge is 0.491 e. The number of hydrogen-bond acceptors (Lipinski definition) is 3. The van der Waals surface area contributed by atoms with E-state index in [0.29, 0.717) is 11.4 Å². The summed E-state index contributed by atoms with van der Waals surface area (Å²) in [6.07, 6.45) is 5.18. The Labute approximate surface area is 123 Å². The number of amides is 2. The maximum absolute atomic E-state index is 11.9. The molecule has 112 valence electrons. The number of terminal acetylenes is 1. The lowest BCUT2D eigenvalue weighted by Gasteiger charge is -2.18. The number of hydrogen-bond donors (Lipinski definition) is 2. The summed E-state index contributed by atoms with van der Waals surface area (Å²) in [7, 11) is 0. The minimum atomic E-state index is -1.12. The molecule has 0 aliphatic rings. The second kappa shape index (κ2) is 7.80. The van der Waals surface area contributed by atoms with Crippen LogP contribution in [-0.2, 0) is 4.79 Å². The van der Waals surface area contributed by atoms with Gasteiger partial charge >= 0.3 is 12.0 Å². The van der Waals surface area contributed by atoms with Crippen LogP contribution < -0.4 is 10.1 Å². The highest BCUT2D eigenvalue weighted by atomic mass is 16.5. The molecule has 0 aliphatic carbocycles. The quantitative estimate of drug-likeness (QED) is 0.786. The van der Waals surface area contributed by atoms with E-state index in [1.54, 1.807) is 24.3 Å². The molecule has 0 radical (unpaired) electrons. The Morgan fingerprint density at radius 1 is 1.38 bits per heavy atom. The number of rotatable bonds is 6. The number of benzene rings is 1. The van der Waals surface area contributed by atoms with Crippen LogP contribution in [0.3, 0.4) is 0 Å². The Morgan fingerprint density at radius 3 is 2.48 bits per heavy atom. The SMILES string of the molecule is C#CCN(CC(=O)O)C(=O)Nc1ccc(OC(C)C)cc1. The number of carbonyl (C=O) groups excluding carboxylic acids is 1. The second-order valence-corrected chi connectivity index (χ2v) is 4.58. The van der Waals surface area contributed by atoms with Gasteiger partial charge in [-0.2, -0.15) is 0 Å². The van der Waals surface area contributed by atoms with Gasteiger partial charge < -0.3 is 20.1 Å². The zero-order valence-electron chi connectivity index (χ0n) is 12.0. The molecule has 0 fully saturated rings. The van der Waals surface area contributed by atoms with E-state index < -0.39 is 18.5 Å². The Hall–Kier alpha value is -2.68. The van der Waals surface area contributed by atoms with E-state index in [4.69, 9.17) is 16.3 Å². The van der Waals surface area contributed by atoms with Crippen LogP contribution >= 0.6 is 0 Å². The molecule has 0 aliphatic heterocycles. The van der Waals surface area contributed by atoms with Gasteiger partial charge in [-0.15, -0.1) is 6.42 Å². The number of carbonyl (C=O) groups is 2. The number of nitrogens with zero attached hydrogens (tertiary/aromatic N) is 1. The van der Waals surface area contributed by atoms with Crippen LogP contribution in [0.1, 0.15) is 13.8 Å². The first kappa shape index (κ1) is 16.4. The van der Waals surface area contributed by atoms with E-state index in [9.17, 15) is 9.59 Å². The van der Waals surface area contributed by atoms with Crippen LogP contribution in [0.25, 0.3) is 0 Å². The first-order valence-electron chi connectivity index (χ1n) is 6.40. The fourth-order valence-electron chi connectivity index (χ4n) is 1.56. The number of aliphatic carboxylic acids is 1. The van der Waals surface area contributed by atoms with Gasteiger partial charge in [0.2, 0.25) is 0 Å². The highest BCUT2D eigenvalue weighted by Gasteiger charge is 2.15. The van der Waals surface area contributed by atoms with E-state index in [2.05, 4.69) is 11.2 Å². The molecular formula is C15H18N2O4. The molecule has 1 aromatic carbocycles. The predicted octanol–water partition coefficient (Wildman–Crippen LogP) is 2.03. The number of anilines is 1. The topological polar surface area (TPSA) is 78.9 Å². The molecule has 0 spiro atoms. The van der Waals surface area contributed by atoms with Crippen molar-refractivity contribution in [2.24, 2.45) is 0 Å². The summed E-state index contributed by atoms with van der Waals surface area (Å²) in [4.78, 5) is 23.6. The molecule has 0 bridgehead atoms. The fourth-order valence-corrected chi connectivity index (χ4v) is 1.56. The molecule has 1 rings (SSSR count). The molecule has 1 aromatic rings. The normalized spacial score (nSPS) is 9.81. The third-order valence-electron chi connectivity index (χ3n) is 2.37. The number of urea groups is 1. The Kier molecular flexibility index (Phi) is 6.08. The number of ether oxygens (including phenoxy) is 1. The van der Waals surface area contributed by atoms with Crippen molar-refractivity contribution in [3.63, 3.8) is 0 Å². The van der Waals surface area contributed by atoms with Gasteiger partial charge in [0.15, 0.2) is 0 Å². The first-order valence-corrected chi connectivity index (χ1v) is 6.40. The highest BCUT2D eigenvalue weighted by Crippen LogP contribution is 2.17. The molecular weight excluding hydrogens is 272 g/mol. The van der Waals surface area contributed by atoms with Crippen molar-refractivity contribution in [3.8, 4) is 18.1 Å². The first-order chi connectivity index (χ1) is 9.92. The van der Waals surface area contributed by atoms with Crippen molar-refractivity contribution < 1.29 is 19.4 Å². The van der Waals surface area contributed by atoms with Crippen LogP contribution in [0.5, 0.6) is 5.75 Å². The molecule has 0 saturated heterocycles. The van der Waals surface area contributed by atoms with Crippen molar-refractivity contribution in [2.45, 2.75) is 20.0 Å². The summed E-state index contributed by atoms with van der Waals surface area (Å²) < 4.78 is 5.49. The van der Waals surface area contributed by atoms with Crippen LogP contribution in [0.15, 0.2) is 24.3 Å². The van der Waals surface area contributed by atoms with Crippen molar-refractivity contribution in [3.05, 3.63) is 24.3 Å². The maximum Gasteiger partial charge on any atom is 0.323 e. The third kappa shape index (κ3) is 5.87. The van der Waals surface area contributed by atoms with E-state index in [-0.39, 0.29) is 12.6 Å². The lowest BCUT2D eigenvalue weighted by atomic mass is 10.3. The number of nitrogens with one attached hydrogen (secondary N) is 1. The monoisotopic (exact) mass is 290 g/mol. The fraction of sp³-hybridized carbons (Fsp3) is 0.333. The average Bonchev–Trinajstić information content (AvgIpc) is 2.39. The molecule has 2 amide bonds. The molecule has 0 heterocycles. The van der Waals surface area contributed by atoms with Gasteiger partial charge in [0.1, 0.15) is 12.3 Å². The van der Waals surface area contributed by atoms with E-state index >= 15 is 0 Å². The summed E-state index contributed by atoms with van der Waals surface area (Å²) in [6.45, 7) is 3.30. The van der Waals surface area contributed by atoms with Crippen molar-refractivity contribution >= 4 is 17.7 Å². The lowest BCUT2D eigenvalue weighted by Crippen LogP contribution is -2.39. The standard InChI is InChI=1S/C15H18N2O4/c1-4-9-17(10-14(18)19)15(20)16-12-5-7-13(8-6-12)21-11(2)3/h1,5-8,11H,9-10H2,2-3H3,(H,16,20)(H,18,19). The van der Waals surface area contributed by atoms with Crippen LogP contribution in [0.4, 0.5) is 10.5 Å². The van der Waals surface area contributed by atoms with Crippen LogP contribution in [-0.4, -0.2) is 41.2 Å². The summed E-state index contributed by atoms with van der Waals surface area (Å²) in [5.74, 6) is 1.82. The van der Waals surface area contributed by atoms with Gasteiger partial charge in [0.25, 0.3) is 0 Å². The molecule has 0 aromatic heterocycles. The van der Waals surface area contributed by atoms with E-state index in [1.165, 1.54) is 0 Å². The Balaban J connectivity index is 2.68. The zero-order valence-corrected chi connectivity index (χ0v) is 12.0. The minimum Gasteiger partial charge on any atom is -0.491 e. The molecule has 6 nitrogen and oxygen atoms in total. The van der Waals surface area contributed by atoms with Gasteiger partial charge in [0.05, 0.1) is 12.6 Å². The van der Waals surface area contributed by atoms with Gasteiger partial charge in [-0.05, 0) is 38.1 Å². The molecule has 21 heavy (non-hydrogen) atoms. The van der Waals surface area contributed by atoms with E-state index in [0.717, 1.165) is 4.90 Å². The van der Waals surface area contributed by atoms with Gasteiger partial charge in [0, 0.05) is 5.69 Å². The summed E-state index contributed by atoms with van der Waals surface area (Å²) >= 11 is 0.